The largest absolute Gasteiger partial charge is 0.486 e. The molecule has 1 unspecified atom stereocenters. The van der Waals surface area contributed by atoms with E-state index in [1.165, 1.54) is 0 Å². The molecule has 0 aliphatic carbocycles. The van der Waals surface area contributed by atoms with Gasteiger partial charge in [-0.1, -0.05) is 41.4 Å². The van der Waals surface area contributed by atoms with E-state index in [1.54, 1.807) is 12.4 Å². The van der Waals surface area contributed by atoms with Crippen LogP contribution in [0.15, 0.2) is 48.8 Å². The van der Waals surface area contributed by atoms with E-state index in [2.05, 4.69) is 26.2 Å². The monoisotopic (exact) mass is 533 g/mol. The summed E-state index contributed by atoms with van der Waals surface area (Å²) in [5.74, 6) is 0.666. The van der Waals surface area contributed by atoms with Gasteiger partial charge in [-0.2, -0.15) is 10.4 Å². The number of nitrogens with zero attached hydrogens (tertiary/aromatic N) is 4. The average molecular weight is 534 g/mol. The van der Waals surface area contributed by atoms with Gasteiger partial charge in [0.25, 0.3) is 0 Å². The summed E-state index contributed by atoms with van der Waals surface area (Å²) in [4.78, 5) is 6.31. The van der Waals surface area contributed by atoms with Gasteiger partial charge in [-0.05, 0) is 48.4 Å². The maximum Gasteiger partial charge on any atom is 0.124 e. The van der Waals surface area contributed by atoms with E-state index in [-0.39, 0.29) is 6.10 Å². The number of ether oxygens (including phenoxy) is 2. The van der Waals surface area contributed by atoms with Crippen LogP contribution >= 0.6 is 23.2 Å². The SMILES string of the molecule is CC(Oc1ccc2[nH]nc(/C=C/c3ccc(CN4CCOCC4)c(C#N)c3)c2c1)c1c(Cl)cncc1Cl. The van der Waals surface area contributed by atoms with Crippen LogP contribution in [-0.2, 0) is 11.3 Å². The highest BCUT2D eigenvalue weighted by molar-refractivity contribution is 6.35. The van der Waals surface area contributed by atoms with E-state index in [9.17, 15) is 5.26 Å². The number of hydrogen-bond donors (Lipinski definition) is 1. The summed E-state index contributed by atoms with van der Waals surface area (Å²) >= 11 is 12.6. The van der Waals surface area contributed by atoms with E-state index < -0.39 is 0 Å². The van der Waals surface area contributed by atoms with Gasteiger partial charge < -0.3 is 9.47 Å². The molecule has 2 aromatic heterocycles. The number of aromatic amines is 1. The predicted octanol–water partition coefficient (Wildman–Crippen LogP) is 6.28. The van der Waals surface area contributed by atoms with E-state index >= 15 is 0 Å². The van der Waals surface area contributed by atoms with Crippen LogP contribution in [0.1, 0.15) is 41.0 Å². The third-order valence-electron chi connectivity index (χ3n) is 6.36. The van der Waals surface area contributed by atoms with Crippen molar-refractivity contribution in [2.75, 3.05) is 26.3 Å². The molecular weight excluding hydrogens is 509 g/mol. The first-order valence-corrected chi connectivity index (χ1v) is 12.7. The fourth-order valence-electron chi connectivity index (χ4n) is 4.40. The Bertz CT molecular complexity index is 1470. The number of nitriles is 1. The molecule has 4 aromatic rings. The summed E-state index contributed by atoms with van der Waals surface area (Å²) in [6.07, 6.45) is 6.63. The first-order chi connectivity index (χ1) is 18.0. The molecule has 0 spiro atoms. The van der Waals surface area contributed by atoms with Gasteiger partial charge in [0.2, 0.25) is 0 Å². The fourth-order valence-corrected chi connectivity index (χ4v) is 5.07. The first kappa shape index (κ1) is 25.2. The van der Waals surface area contributed by atoms with Gasteiger partial charge in [-0.25, -0.2) is 0 Å². The van der Waals surface area contributed by atoms with Gasteiger partial charge >= 0.3 is 0 Å². The molecule has 1 aliphatic rings. The summed E-state index contributed by atoms with van der Waals surface area (Å²) in [7, 11) is 0. The Morgan fingerprint density at radius 1 is 1.14 bits per heavy atom. The maximum absolute atomic E-state index is 9.72. The number of H-pyrrole nitrogens is 1. The molecule has 188 valence electrons. The zero-order chi connectivity index (χ0) is 25.8. The van der Waals surface area contributed by atoms with Crippen molar-refractivity contribution in [3.63, 3.8) is 0 Å². The first-order valence-electron chi connectivity index (χ1n) is 12.0. The second-order valence-electron chi connectivity index (χ2n) is 8.84. The lowest BCUT2D eigenvalue weighted by atomic mass is 10.0. The third kappa shape index (κ3) is 5.79. The molecular formula is C28H25Cl2N5O2. The van der Waals surface area contributed by atoms with Crippen molar-refractivity contribution in [2.24, 2.45) is 0 Å². The smallest absolute Gasteiger partial charge is 0.124 e. The van der Waals surface area contributed by atoms with Crippen molar-refractivity contribution in [3.8, 4) is 11.8 Å². The lowest BCUT2D eigenvalue weighted by molar-refractivity contribution is 0.0341. The van der Waals surface area contributed by atoms with Crippen LogP contribution in [0.25, 0.3) is 23.1 Å². The summed E-state index contributed by atoms with van der Waals surface area (Å²) in [5, 5.41) is 19.1. The third-order valence-corrected chi connectivity index (χ3v) is 6.96. The van der Waals surface area contributed by atoms with Gasteiger partial charge in [-0.3, -0.25) is 15.0 Å². The topological polar surface area (TPSA) is 87.1 Å². The Labute approximate surface area is 225 Å². The number of fused-ring (bicyclic) bond motifs is 1. The normalized spacial score (nSPS) is 15.2. The molecule has 1 saturated heterocycles. The minimum Gasteiger partial charge on any atom is -0.486 e. The Morgan fingerprint density at radius 2 is 1.92 bits per heavy atom. The Kier molecular flexibility index (Phi) is 7.73. The van der Waals surface area contributed by atoms with E-state index in [0.29, 0.717) is 26.9 Å². The van der Waals surface area contributed by atoms with Crippen molar-refractivity contribution < 1.29 is 9.47 Å². The summed E-state index contributed by atoms with van der Waals surface area (Å²) < 4.78 is 11.6. The molecule has 5 rings (SSSR count). The van der Waals surface area contributed by atoms with E-state index in [1.807, 2.05) is 55.5 Å². The van der Waals surface area contributed by atoms with Crippen LogP contribution in [0.5, 0.6) is 5.75 Å². The predicted molar refractivity (Wildman–Crippen MR) is 146 cm³/mol. The second-order valence-corrected chi connectivity index (χ2v) is 9.66. The van der Waals surface area contributed by atoms with Gasteiger partial charge in [0.15, 0.2) is 0 Å². The Morgan fingerprint density at radius 3 is 2.68 bits per heavy atom. The zero-order valence-electron chi connectivity index (χ0n) is 20.2. The number of rotatable bonds is 7. The van der Waals surface area contributed by atoms with Gasteiger partial charge in [0.1, 0.15) is 11.9 Å². The van der Waals surface area contributed by atoms with Crippen molar-refractivity contribution in [1.29, 1.82) is 5.26 Å². The van der Waals surface area contributed by atoms with Crippen LogP contribution in [0, 0.1) is 11.3 Å². The van der Waals surface area contributed by atoms with Gasteiger partial charge in [-0.15, -0.1) is 0 Å². The molecule has 0 bridgehead atoms. The second kappa shape index (κ2) is 11.3. The Balaban J connectivity index is 1.34. The number of morpholine rings is 1. The molecule has 2 aromatic carbocycles. The Hall–Kier alpha value is -3.41. The van der Waals surface area contributed by atoms with Crippen LogP contribution in [0.2, 0.25) is 10.0 Å². The quantitative estimate of drug-likeness (QED) is 0.300. The summed E-state index contributed by atoms with van der Waals surface area (Å²) in [6.45, 7) is 5.87. The summed E-state index contributed by atoms with van der Waals surface area (Å²) in [5.41, 5.74) is 4.98. The molecule has 1 aliphatic heterocycles. The van der Waals surface area contributed by atoms with Crippen molar-refractivity contribution in [2.45, 2.75) is 19.6 Å². The minimum absolute atomic E-state index is 0.369. The van der Waals surface area contributed by atoms with Crippen LogP contribution in [0.3, 0.4) is 0 Å². The lowest BCUT2D eigenvalue weighted by Gasteiger charge is -2.26. The molecule has 3 heterocycles. The van der Waals surface area contributed by atoms with Crippen molar-refractivity contribution >= 4 is 46.3 Å². The van der Waals surface area contributed by atoms with Crippen molar-refractivity contribution in [1.82, 2.24) is 20.1 Å². The highest BCUT2D eigenvalue weighted by Gasteiger charge is 2.17. The number of halogens is 2. The molecule has 0 saturated carbocycles. The maximum atomic E-state index is 9.72. The van der Waals surface area contributed by atoms with Gasteiger partial charge in [0, 0.05) is 43.0 Å². The number of nitrogens with one attached hydrogen (secondary N) is 1. The standard InChI is InChI=1S/C28H25Cl2N5O2/c1-18(28-24(29)15-32-16-25(28)30)37-22-5-7-27-23(13-22)26(33-34-27)6-3-19-2-4-20(21(12-19)14-31)17-35-8-10-36-11-9-35/h2-7,12-13,15-16,18H,8-11,17H2,1H3,(H,33,34)/b6-3+. The lowest BCUT2D eigenvalue weighted by Crippen LogP contribution is -2.35. The average Bonchev–Trinajstić information content (AvgIpc) is 3.30. The minimum atomic E-state index is -0.369. The fraction of sp³-hybridized carbons (Fsp3) is 0.250. The molecule has 9 heteroatoms. The van der Waals surface area contributed by atoms with Gasteiger partial charge in [0.05, 0.1) is 46.1 Å². The number of hydrogen-bond acceptors (Lipinski definition) is 6. The van der Waals surface area contributed by atoms with E-state index in [0.717, 1.165) is 60.6 Å². The molecule has 1 N–H and O–H groups in total. The number of pyridine rings is 1. The zero-order valence-corrected chi connectivity index (χ0v) is 21.8. The van der Waals surface area contributed by atoms with Crippen LogP contribution < -0.4 is 4.74 Å². The molecule has 1 atom stereocenters. The molecule has 1 fully saturated rings. The van der Waals surface area contributed by atoms with Crippen molar-refractivity contribution in [3.05, 3.63) is 86.8 Å². The number of aromatic nitrogens is 3. The molecule has 0 radical (unpaired) electrons. The van der Waals surface area contributed by atoms with Crippen LogP contribution in [-0.4, -0.2) is 46.4 Å². The number of benzene rings is 2. The highest BCUT2D eigenvalue weighted by Crippen LogP contribution is 2.33. The molecule has 0 amide bonds. The highest BCUT2D eigenvalue weighted by atomic mass is 35.5. The summed E-state index contributed by atoms with van der Waals surface area (Å²) in [6, 6.07) is 14.0. The molecule has 37 heavy (non-hydrogen) atoms. The van der Waals surface area contributed by atoms with Crippen LogP contribution in [0.4, 0.5) is 0 Å². The van der Waals surface area contributed by atoms with E-state index in [4.69, 9.17) is 32.7 Å². The molecule has 7 nitrogen and oxygen atoms in total.